The fourth-order valence-corrected chi connectivity index (χ4v) is 5.76. The van der Waals surface area contributed by atoms with Crippen molar-refractivity contribution < 1.29 is 22.6 Å². The molecule has 1 fully saturated rings. The van der Waals surface area contributed by atoms with E-state index in [0.717, 1.165) is 30.4 Å². The summed E-state index contributed by atoms with van der Waals surface area (Å²) in [5.74, 6) is 0.260. The van der Waals surface area contributed by atoms with Gasteiger partial charge in [0, 0.05) is 19.7 Å². The zero-order chi connectivity index (χ0) is 23.4. The van der Waals surface area contributed by atoms with E-state index < -0.39 is 10.0 Å². The summed E-state index contributed by atoms with van der Waals surface area (Å²) in [4.78, 5) is 0.0757. The van der Waals surface area contributed by atoms with Crippen molar-refractivity contribution in [1.29, 1.82) is 0 Å². The lowest BCUT2D eigenvalue weighted by Crippen LogP contribution is -2.38. The second-order valence-electron chi connectivity index (χ2n) is 8.61. The molecule has 2 unspecified atom stereocenters. The van der Waals surface area contributed by atoms with Crippen molar-refractivity contribution in [3.8, 4) is 5.88 Å². The molecule has 2 atom stereocenters. The number of fused-ring (bicyclic) bond motifs is 1. The Morgan fingerprint density at radius 3 is 2.29 bits per heavy atom. The van der Waals surface area contributed by atoms with Crippen molar-refractivity contribution >= 4 is 10.0 Å². The van der Waals surface area contributed by atoms with E-state index in [9.17, 15) is 8.42 Å². The van der Waals surface area contributed by atoms with Crippen LogP contribution in [0, 0.1) is 0 Å². The van der Waals surface area contributed by atoms with E-state index >= 15 is 0 Å². The number of hydrogen-bond donors (Lipinski definition) is 0. The molecule has 34 heavy (non-hydrogen) atoms. The number of rotatable bonds is 8. The molecule has 0 N–H and O–H groups in total. The second-order valence-corrected chi connectivity index (χ2v) is 10.5. The van der Waals surface area contributed by atoms with Gasteiger partial charge in [-0.1, -0.05) is 60.7 Å². The zero-order valence-corrected chi connectivity index (χ0v) is 19.8. The number of aromatic nitrogens is 2. The third-order valence-corrected chi connectivity index (χ3v) is 7.82. The van der Waals surface area contributed by atoms with Gasteiger partial charge in [-0.3, -0.25) is 0 Å². The van der Waals surface area contributed by atoms with Crippen LogP contribution in [0.4, 0.5) is 0 Å². The molecule has 2 aromatic carbocycles. The van der Waals surface area contributed by atoms with Crippen LogP contribution in [0.1, 0.15) is 30.4 Å². The summed E-state index contributed by atoms with van der Waals surface area (Å²) in [5, 5.41) is 4.33. The molecule has 8 nitrogen and oxygen atoms in total. The molecule has 0 radical (unpaired) electrons. The van der Waals surface area contributed by atoms with Gasteiger partial charge >= 0.3 is 0 Å². The van der Waals surface area contributed by atoms with Crippen LogP contribution in [-0.4, -0.2) is 48.1 Å². The van der Waals surface area contributed by atoms with Gasteiger partial charge < -0.3 is 14.2 Å². The molecule has 1 saturated heterocycles. The van der Waals surface area contributed by atoms with Gasteiger partial charge in [-0.05, 0) is 30.4 Å². The number of ether oxygens (including phenoxy) is 3. The predicted molar refractivity (Wildman–Crippen MR) is 126 cm³/mol. The first-order valence-electron chi connectivity index (χ1n) is 11.6. The first kappa shape index (κ1) is 23.0. The van der Waals surface area contributed by atoms with Crippen molar-refractivity contribution in [2.24, 2.45) is 0 Å². The number of nitrogens with zero attached hydrogens (tertiary/aromatic N) is 3. The Morgan fingerprint density at radius 2 is 1.68 bits per heavy atom. The summed E-state index contributed by atoms with van der Waals surface area (Å²) in [7, 11) is -3.88. The van der Waals surface area contributed by atoms with Crippen molar-refractivity contribution in [3.63, 3.8) is 0 Å². The normalized spacial score (nSPS) is 20.6. The minimum atomic E-state index is -3.88. The molecule has 0 spiro atoms. The fourth-order valence-electron chi connectivity index (χ4n) is 4.28. The second kappa shape index (κ2) is 10.3. The predicted octanol–water partition coefficient (Wildman–Crippen LogP) is 3.58. The van der Waals surface area contributed by atoms with Crippen LogP contribution in [0.15, 0.2) is 71.8 Å². The largest absolute Gasteiger partial charge is 0.474 e. The molecular weight excluding hydrogens is 454 g/mol. The van der Waals surface area contributed by atoms with Gasteiger partial charge in [0.1, 0.15) is 12.7 Å². The first-order valence-corrected chi connectivity index (χ1v) is 13.1. The third kappa shape index (κ3) is 5.17. The van der Waals surface area contributed by atoms with Crippen LogP contribution in [-0.2, 0) is 39.1 Å². The summed E-state index contributed by atoms with van der Waals surface area (Å²) in [6.07, 6.45) is 3.88. The van der Waals surface area contributed by atoms with Gasteiger partial charge in [0.15, 0.2) is 11.2 Å². The number of hydrogen-bond acceptors (Lipinski definition) is 6. The lowest BCUT2D eigenvalue weighted by molar-refractivity contribution is -0.200. The van der Waals surface area contributed by atoms with Crippen molar-refractivity contribution in [1.82, 2.24) is 14.1 Å². The molecule has 2 aliphatic rings. The molecule has 2 aliphatic heterocycles. The Kier molecular flexibility index (Phi) is 6.96. The summed E-state index contributed by atoms with van der Waals surface area (Å²) >= 11 is 0. The molecule has 1 aromatic heterocycles. The summed E-state index contributed by atoms with van der Waals surface area (Å²) in [5.41, 5.74) is 1.81. The van der Waals surface area contributed by atoms with Crippen LogP contribution < -0.4 is 4.74 Å². The van der Waals surface area contributed by atoms with E-state index in [1.54, 1.807) is 4.68 Å². The molecule has 9 heteroatoms. The van der Waals surface area contributed by atoms with Gasteiger partial charge in [0.05, 0.1) is 12.7 Å². The summed E-state index contributed by atoms with van der Waals surface area (Å²) in [6.45, 7) is 1.86. The zero-order valence-electron chi connectivity index (χ0n) is 19.0. The molecule has 5 rings (SSSR count). The van der Waals surface area contributed by atoms with Crippen LogP contribution in [0.25, 0.3) is 0 Å². The molecule has 0 saturated carbocycles. The minimum Gasteiger partial charge on any atom is -0.474 e. The quantitative estimate of drug-likeness (QED) is 0.487. The maximum Gasteiger partial charge on any atom is 0.250 e. The lowest BCUT2D eigenvalue weighted by atomic mass is 10.2. The highest BCUT2D eigenvalue weighted by Gasteiger charge is 2.35. The van der Waals surface area contributed by atoms with Gasteiger partial charge in [0.25, 0.3) is 10.0 Å². The monoisotopic (exact) mass is 483 g/mol. The maximum atomic E-state index is 13.8. The summed E-state index contributed by atoms with van der Waals surface area (Å²) in [6, 6.07) is 19.1. The molecule has 3 heterocycles. The smallest absolute Gasteiger partial charge is 0.250 e. The highest BCUT2D eigenvalue weighted by Crippen LogP contribution is 2.32. The highest BCUT2D eigenvalue weighted by molar-refractivity contribution is 7.89. The molecule has 180 valence electrons. The van der Waals surface area contributed by atoms with Gasteiger partial charge in [-0.15, -0.1) is 0 Å². The number of benzene rings is 2. The molecule has 3 aromatic rings. The first-order chi connectivity index (χ1) is 16.6. The topological polar surface area (TPSA) is 82.9 Å². The molecule has 0 bridgehead atoms. The van der Waals surface area contributed by atoms with E-state index in [1.807, 2.05) is 60.7 Å². The van der Waals surface area contributed by atoms with Gasteiger partial charge in [-0.2, -0.15) is 9.40 Å². The van der Waals surface area contributed by atoms with Crippen LogP contribution in [0.5, 0.6) is 5.88 Å². The van der Waals surface area contributed by atoms with Crippen LogP contribution in [0.2, 0.25) is 0 Å². The summed E-state index contributed by atoms with van der Waals surface area (Å²) < 4.78 is 48.3. The lowest BCUT2D eigenvalue weighted by Gasteiger charge is -2.30. The average molecular weight is 484 g/mol. The van der Waals surface area contributed by atoms with Crippen LogP contribution in [0.3, 0.4) is 0 Å². The Labute approximate surface area is 200 Å². The highest BCUT2D eigenvalue weighted by atomic mass is 32.2. The van der Waals surface area contributed by atoms with Gasteiger partial charge in [-0.25, -0.2) is 13.1 Å². The standard InChI is InChI=1S/C25H29N3O5S/c29-34(30,27(16-20-9-3-1-4-10-20)17-21-11-5-2-6-12-21)23-15-26-28-18-22(19-32-25(23)28)33-24-13-7-8-14-31-24/h1-6,9-12,15,22,24H,7-8,13-14,16-19H2. The van der Waals surface area contributed by atoms with Crippen molar-refractivity contribution in [3.05, 3.63) is 78.0 Å². The van der Waals surface area contributed by atoms with Crippen LogP contribution >= 0.6 is 0 Å². The number of sulfonamides is 1. The third-order valence-electron chi connectivity index (χ3n) is 6.05. The van der Waals surface area contributed by atoms with Crippen molar-refractivity contribution in [2.45, 2.75) is 56.2 Å². The van der Waals surface area contributed by atoms with Crippen molar-refractivity contribution in [2.75, 3.05) is 13.2 Å². The van der Waals surface area contributed by atoms with E-state index in [1.165, 1.54) is 10.5 Å². The fraction of sp³-hybridized carbons (Fsp3) is 0.400. The van der Waals surface area contributed by atoms with E-state index in [0.29, 0.717) is 13.2 Å². The Balaban J connectivity index is 1.37. The molecular formula is C25H29N3O5S. The van der Waals surface area contributed by atoms with E-state index in [2.05, 4.69) is 5.10 Å². The van der Waals surface area contributed by atoms with E-state index in [-0.39, 0.29) is 42.9 Å². The Morgan fingerprint density at radius 1 is 1.00 bits per heavy atom. The van der Waals surface area contributed by atoms with Gasteiger partial charge in [0.2, 0.25) is 5.88 Å². The Bertz CT molecular complexity index is 1140. The maximum absolute atomic E-state index is 13.8. The average Bonchev–Trinajstić information content (AvgIpc) is 3.30. The van der Waals surface area contributed by atoms with E-state index in [4.69, 9.17) is 14.2 Å². The molecule has 0 amide bonds. The minimum absolute atomic E-state index is 0.0757. The molecule has 0 aliphatic carbocycles. The SMILES string of the molecule is O=S(=O)(c1cnn2c1OCC(OC1CCCCO1)C2)N(Cc1ccccc1)Cc1ccccc1. The Hall–Kier alpha value is -2.72.